The summed E-state index contributed by atoms with van der Waals surface area (Å²) in [5, 5.41) is 0. The molecular weight excluding hydrogens is 124 g/mol. The molecule has 0 aromatic heterocycles. The molecule has 0 N–H and O–H groups in total. The van der Waals surface area contributed by atoms with E-state index in [1.54, 1.807) is 7.11 Å². The average Bonchev–Trinajstić information content (AvgIpc) is 1.97. The van der Waals surface area contributed by atoms with E-state index in [1.807, 2.05) is 19.1 Å². The molecule has 0 unspecified atom stereocenters. The lowest BCUT2D eigenvalue weighted by Crippen LogP contribution is -1.85. The number of allylic oxidation sites excluding steroid dienone is 4. The van der Waals surface area contributed by atoms with E-state index in [2.05, 4.69) is 12.2 Å². The number of rotatable bonds is 5. The molecule has 0 aliphatic rings. The van der Waals surface area contributed by atoms with Crippen LogP contribution in [0.25, 0.3) is 0 Å². The van der Waals surface area contributed by atoms with Gasteiger partial charge in [0.15, 0.2) is 0 Å². The highest BCUT2D eigenvalue weighted by Gasteiger charge is 1.78. The predicted molar refractivity (Wildman–Crippen MR) is 45.1 cm³/mol. The third kappa shape index (κ3) is 7.44. The van der Waals surface area contributed by atoms with E-state index in [0.717, 1.165) is 19.4 Å². The van der Waals surface area contributed by atoms with Gasteiger partial charge >= 0.3 is 0 Å². The molecular formula is C9H16O. The number of hydrogen-bond donors (Lipinski definition) is 0. The lowest BCUT2D eigenvalue weighted by atomic mass is 10.3. The van der Waals surface area contributed by atoms with Crippen molar-refractivity contribution in [2.45, 2.75) is 19.8 Å². The molecule has 0 saturated carbocycles. The van der Waals surface area contributed by atoms with Crippen molar-refractivity contribution in [3.63, 3.8) is 0 Å². The third-order valence-corrected chi connectivity index (χ3v) is 1.16. The van der Waals surface area contributed by atoms with Gasteiger partial charge in [-0.2, -0.15) is 0 Å². The molecule has 0 bridgehead atoms. The molecule has 58 valence electrons. The van der Waals surface area contributed by atoms with E-state index >= 15 is 0 Å². The Balaban J connectivity index is 3.02. The molecule has 0 spiro atoms. The van der Waals surface area contributed by atoms with Gasteiger partial charge in [0.25, 0.3) is 0 Å². The third-order valence-electron chi connectivity index (χ3n) is 1.16. The second-order valence-corrected chi connectivity index (χ2v) is 2.09. The number of ether oxygens (including phenoxy) is 1. The normalized spacial score (nSPS) is 11.8. The van der Waals surface area contributed by atoms with Gasteiger partial charge in [0.2, 0.25) is 0 Å². The van der Waals surface area contributed by atoms with Gasteiger partial charge in [0, 0.05) is 13.7 Å². The SMILES string of the molecule is C/C=C/C=C\CCCOC. The number of hydrogen-bond acceptors (Lipinski definition) is 1. The maximum absolute atomic E-state index is 4.90. The van der Waals surface area contributed by atoms with Crippen LogP contribution in [0.4, 0.5) is 0 Å². The maximum Gasteiger partial charge on any atom is 0.0465 e. The van der Waals surface area contributed by atoms with Gasteiger partial charge in [-0.1, -0.05) is 24.3 Å². The number of unbranched alkanes of at least 4 members (excludes halogenated alkanes) is 1. The second kappa shape index (κ2) is 8.44. The van der Waals surface area contributed by atoms with Crippen molar-refractivity contribution >= 4 is 0 Å². The highest BCUT2D eigenvalue weighted by Crippen LogP contribution is 1.90. The molecule has 0 rings (SSSR count). The van der Waals surface area contributed by atoms with Gasteiger partial charge in [-0.05, 0) is 19.8 Å². The molecule has 1 nitrogen and oxygen atoms in total. The Hall–Kier alpha value is -0.560. The molecule has 0 amide bonds. The minimum absolute atomic E-state index is 0.861. The average molecular weight is 140 g/mol. The lowest BCUT2D eigenvalue weighted by Gasteiger charge is -1.91. The van der Waals surface area contributed by atoms with Crippen LogP contribution in [-0.4, -0.2) is 13.7 Å². The predicted octanol–water partition coefficient (Wildman–Crippen LogP) is 2.55. The van der Waals surface area contributed by atoms with E-state index in [4.69, 9.17) is 4.74 Å². The van der Waals surface area contributed by atoms with Crippen LogP contribution in [0, 0.1) is 0 Å². The van der Waals surface area contributed by atoms with Crippen LogP contribution >= 0.6 is 0 Å². The molecule has 0 saturated heterocycles. The monoisotopic (exact) mass is 140 g/mol. The molecule has 0 heterocycles. The summed E-state index contributed by atoms with van der Waals surface area (Å²) >= 11 is 0. The highest BCUT2D eigenvalue weighted by molar-refractivity contribution is 5.00. The Kier molecular flexibility index (Phi) is 7.97. The van der Waals surface area contributed by atoms with E-state index in [1.165, 1.54) is 0 Å². The van der Waals surface area contributed by atoms with Gasteiger partial charge in [-0.15, -0.1) is 0 Å². The molecule has 10 heavy (non-hydrogen) atoms. The summed E-state index contributed by atoms with van der Waals surface area (Å²) in [4.78, 5) is 0. The summed E-state index contributed by atoms with van der Waals surface area (Å²) in [6, 6.07) is 0. The Morgan fingerprint density at radius 1 is 1.30 bits per heavy atom. The summed E-state index contributed by atoms with van der Waals surface area (Å²) in [6.07, 6.45) is 10.5. The summed E-state index contributed by atoms with van der Waals surface area (Å²) in [5.41, 5.74) is 0. The van der Waals surface area contributed by atoms with Crippen LogP contribution in [-0.2, 0) is 4.74 Å². The first-order valence-electron chi connectivity index (χ1n) is 3.68. The Morgan fingerprint density at radius 3 is 2.70 bits per heavy atom. The van der Waals surface area contributed by atoms with Crippen molar-refractivity contribution in [1.82, 2.24) is 0 Å². The Bertz CT molecular complexity index is 103. The van der Waals surface area contributed by atoms with Crippen LogP contribution in [0.1, 0.15) is 19.8 Å². The Morgan fingerprint density at radius 2 is 2.10 bits per heavy atom. The van der Waals surface area contributed by atoms with Crippen molar-refractivity contribution in [3.05, 3.63) is 24.3 Å². The first kappa shape index (κ1) is 9.44. The van der Waals surface area contributed by atoms with Crippen LogP contribution in [0.3, 0.4) is 0 Å². The van der Waals surface area contributed by atoms with E-state index < -0.39 is 0 Å². The maximum atomic E-state index is 4.90. The fraction of sp³-hybridized carbons (Fsp3) is 0.556. The molecule has 0 aromatic rings. The van der Waals surface area contributed by atoms with Gasteiger partial charge < -0.3 is 4.74 Å². The molecule has 0 fully saturated rings. The number of methoxy groups -OCH3 is 1. The highest BCUT2D eigenvalue weighted by atomic mass is 16.5. The smallest absolute Gasteiger partial charge is 0.0465 e. The summed E-state index contributed by atoms with van der Waals surface area (Å²) < 4.78 is 4.90. The van der Waals surface area contributed by atoms with Crippen LogP contribution < -0.4 is 0 Å². The summed E-state index contributed by atoms with van der Waals surface area (Å²) in [6.45, 7) is 2.87. The van der Waals surface area contributed by atoms with Gasteiger partial charge in [0.1, 0.15) is 0 Å². The van der Waals surface area contributed by atoms with Crippen LogP contribution in [0.5, 0.6) is 0 Å². The minimum atomic E-state index is 0.861. The van der Waals surface area contributed by atoms with Crippen molar-refractivity contribution in [1.29, 1.82) is 0 Å². The lowest BCUT2D eigenvalue weighted by molar-refractivity contribution is 0.196. The first-order valence-corrected chi connectivity index (χ1v) is 3.68. The first-order chi connectivity index (χ1) is 4.91. The van der Waals surface area contributed by atoms with Crippen molar-refractivity contribution < 1.29 is 4.74 Å². The van der Waals surface area contributed by atoms with Crippen LogP contribution in [0.15, 0.2) is 24.3 Å². The molecule has 0 aliphatic carbocycles. The van der Waals surface area contributed by atoms with Gasteiger partial charge in [-0.25, -0.2) is 0 Å². The molecule has 0 aromatic carbocycles. The van der Waals surface area contributed by atoms with E-state index in [9.17, 15) is 0 Å². The molecule has 0 radical (unpaired) electrons. The fourth-order valence-electron chi connectivity index (χ4n) is 0.631. The summed E-state index contributed by atoms with van der Waals surface area (Å²) in [7, 11) is 1.73. The Labute approximate surface area is 63.4 Å². The zero-order valence-electron chi connectivity index (χ0n) is 6.84. The second-order valence-electron chi connectivity index (χ2n) is 2.09. The quantitative estimate of drug-likeness (QED) is 0.421. The fourth-order valence-corrected chi connectivity index (χ4v) is 0.631. The van der Waals surface area contributed by atoms with E-state index in [0.29, 0.717) is 0 Å². The zero-order valence-corrected chi connectivity index (χ0v) is 6.84. The zero-order chi connectivity index (χ0) is 7.66. The largest absolute Gasteiger partial charge is 0.385 e. The van der Waals surface area contributed by atoms with Gasteiger partial charge in [0.05, 0.1) is 0 Å². The van der Waals surface area contributed by atoms with Gasteiger partial charge in [-0.3, -0.25) is 0 Å². The topological polar surface area (TPSA) is 9.23 Å². The van der Waals surface area contributed by atoms with Crippen molar-refractivity contribution in [3.8, 4) is 0 Å². The standard InChI is InChI=1S/C9H16O/c1-3-4-5-6-7-8-9-10-2/h3-6H,7-9H2,1-2H3/b4-3+,6-5-. The van der Waals surface area contributed by atoms with E-state index in [-0.39, 0.29) is 0 Å². The summed E-state index contributed by atoms with van der Waals surface area (Å²) in [5.74, 6) is 0. The minimum Gasteiger partial charge on any atom is -0.385 e. The molecule has 0 aliphatic heterocycles. The molecule has 0 atom stereocenters. The van der Waals surface area contributed by atoms with Crippen molar-refractivity contribution in [2.75, 3.05) is 13.7 Å². The molecule has 1 heteroatoms. The van der Waals surface area contributed by atoms with Crippen LogP contribution in [0.2, 0.25) is 0 Å². The van der Waals surface area contributed by atoms with Crippen molar-refractivity contribution in [2.24, 2.45) is 0 Å².